The summed E-state index contributed by atoms with van der Waals surface area (Å²) in [6.45, 7) is 7.16. The first-order valence-corrected chi connectivity index (χ1v) is 7.43. The lowest BCUT2D eigenvalue weighted by atomic mass is 10.1. The standard InChI is InChI=1S/C15H24N2O4/c1-3-12(10-18)17-11(2)8-14(19)15(20)13(17)9-16-4-6-21-7-5-16/h8,12,18,20H,3-7,9-10H2,1-2H3. The van der Waals surface area contributed by atoms with Crippen molar-refractivity contribution < 1.29 is 14.9 Å². The van der Waals surface area contributed by atoms with E-state index in [0.29, 0.717) is 25.5 Å². The Hall–Kier alpha value is -1.37. The van der Waals surface area contributed by atoms with E-state index in [4.69, 9.17) is 4.74 Å². The van der Waals surface area contributed by atoms with Crippen molar-refractivity contribution in [2.24, 2.45) is 0 Å². The van der Waals surface area contributed by atoms with E-state index in [1.54, 1.807) is 0 Å². The highest BCUT2D eigenvalue weighted by molar-refractivity contribution is 5.30. The molecule has 0 bridgehead atoms. The van der Waals surface area contributed by atoms with Crippen LogP contribution in [0.1, 0.15) is 30.8 Å². The van der Waals surface area contributed by atoms with Gasteiger partial charge in [-0.25, -0.2) is 0 Å². The lowest BCUT2D eigenvalue weighted by Gasteiger charge is -2.30. The molecule has 21 heavy (non-hydrogen) atoms. The predicted molar refractivity (Wildman–Crippen MR) is 79.6 cm³/mol. The van der Waals surface area contributed by atoms with Crippen molar-refractivity contribution in [2.45, 2.75) is 32.9 Å². The maximum absolute atomic E-state index is 11.9. The molecular formula is C15H24N2O4. The van der Waals surface area contributed by atoms with E-state index in [1.807, 2.05) is 18.4 Å². The Morgan fingerprint density at radius 1 is 1.38 bits per heavy atom. The maximum Gasteiger partial charge on any atom is 0.223 e. The second kappa shape index (κ2) is 7.06. The molecular weight excluding hydrogens is 272 g/mol. The van der Waals surface area contributed by atoms with Crippen molar-refractivity contribution in [3.8, 4) is 5.75 Å². The molecule has 0 aliphatic carbocycles. The van der Waals surface area contributed by atoms with Gasteiger partial charge in [0.1, 0.15) is 0 Å². The largest absolute Gasteiger partial charge is 0.503 e. The quantitative estimate of drug-likeness (QED) is 0.834. The average Bonchev–Trinajstić information content (AvgIpc) is 2.49. The van der Waals surface area contributed by atoms with Gasteiger partial charge in [-0.3, -0.25) is 9.69 Å². The summed E-state index contributed by atoms with van der Waals surface area (Å²) in [5.74, 6) is -0.209. The summed E-state index contributed by atoms with van der Waals surface area (Å²) in [7, 11) is 0. The van der Waals surface area contributed by atoms with Gasteiger partial charge in [0.15, 0.2) is 5.75 Å². The Labute approximate surface area is 124 Å². The predicted octanol–water partition coefficient (Wildman–Crippen LogP) is 0.638. The maximum atomic E-state index is 11.9. The van der Waals surface area contributed by atoms with Gasteiger partial charge in [-0.2, -0.15) is 0 Å². The Kier molecular flexibility index (Phi) is 5.39. The summed E-state index contributed by atoms with van der Waals surface area (Å²) in [6, 6.07) is 1.30. The minimum atomic E-state index is -0.361. The molecule has 1 aromatic rings. The molecule has 2 heterocycles. The van der Waals surface area contributed by atoms with Crippen LogP contribution in [0.4, 0.5) is 0 Å². The number of aryl methyl sites for hydroxylation is 1. The summed E-state index contributed by atoms with van der Waals surface area (Å²) in [5, 5.41) is 19.8. The van der Waals surface area contributed by atoms with Crippen molar-refractivity contribution in [2.75, 3.05) is 32.9 Å². The van der Waals surface area contributed by atoms with E-state index in [9.17, 15) is 15.0 Å². The third-order valence-corrected chi connectivity index (χ3v) is 4.04. The SMILES string of the molecule is CCC(CO)n1c(C)cc(=O)c(O)c1CN1CCOCC1. The summed E-state index contributed by atoms with van der Waals surface area (Å²) in [6.07, 6.45) is 0.732. The Balaban J connectivity index is 2.42. The fourth-order valence-electron chi connectivity index (χ4n) is 2.82. The number of aromatic hydroxyl groups is 1. The van der Waals surface area contributed by atoms with Crippen LogP contribution in [0.5, 0.6) is 5.75 Å². The molecule has 1 atom stereocenters. The number of nitrogens with zero attached hydrogens (tertiary/aromatic N) is 2. The molecule has 0 saturated carbocycles. The van der Waals surface area contributed by atoms with E-state index in [1.165, 1.54) is 6.07 Å². The van der Waals surface area contributed by atoms with Crippen LogP contribution in [0, 0.1) is 6.92 Å². The van der Waals surface area contributed by atoms with Crippen LogP contribution in [0.3, 0.4) is 0 Å². The summed E-state index contributed by atoms with van der Waals surface area (Å²) in [4.78, 5) is 14.0. The van der Waals surface area contributed by atoms with Crippen LogP contribution in [0.25, 0.3) is 0 Å². The highest BCUT2D eigenvalue weighted by Gasteiger charge is 2.21. The Morgan fingerprint density at radius 3 is 2.62 bits per heavy atom. The number of rotatable bonds is 5. The van der Waals surface area contributed by atoms with E-state index >= 15 is 0 Å². The first-order chi connectivity index (χ1) is 10.1. The van der Waals surface area contributed by atoms with E-state index < -0.39 is 0 Å². The molecule has 1 aliphatic heterocycles. The molecule has 1 unspecified atom stereocenters. The number of pyridine rings is 1. The number of ether oxygens (including phenoxy) is 1. The fraction of sp³-hybridized carbons (Fsp3) is 0.667. The van der Waals surface area contributed by atoms with Crippen LogP contribution in [0.15, 0.2) is 10.9 Å². The zero-order valence-corrected chi connectivity index (χ0v) is 12.7. The monoisotopic (exact) mass is 296 g/mol. The van der Waals surface area contributed by atoms with Crippen LogP contribution in [-0.2, 0) is 11.3 Å². The normalized spacial score (nSPS) is 17.9. The van der Waals surface area contributed by atoms with Crippen LogP contribution in [-0.4, -0.2) is 52.6 Å². The van der Waals surface area contributed by atoms with E-state index in [-0.39, 0.29) is 23.8 Å². The zero-order valence-electron chi connectivity index (χ0n) is 12.7. The van der Waals surface area contributed by atoms with Gasteiger partial charge in [-0.15, -0.1) is 0 Å². The van der Waals surface area contributed by atoms with Crippen molar-refractivity contribution >= 4 is 0 Å². The highest BCUT2D eigenvalue weighted by Crippen LogP contribution is 2.23. The molecule has 1 saturated heterocycles. The second-order valence-corrected chi connectivity index (χ2v) is 5.45. The fourth-order valence-corrected chi connectivity index (χ4v) is 2.82. The molecule has 0 spiro atoms. The van der Waals surface area contributed by atoms with Crippen LogP contribution >= 0.6 is 0 Å². The number of aliphatic hydroxyl groups excluding tert-OH is 1. The number of hydrogen-bond acceptors (Lipinski definition) is 5. The summed E-state index contributed by atoms with van der Waals surface area (Å²) in [5.41, 5.74) is 0.990. The molecule has 6 nitrogen and oxygen atoms in total. The van der Waals surface area contributed by atoms with Gasteiger partial charge >= 0.3 is 0 Å². The smallest absolute Gasteiger partial charge is 0.223 e. The molecule has 1 aliphatic rings. The molecule has 2 N–H and O–H groups in total. The molecule has 1 fully saturated rings. The number of hydrogen-bond donors (Lipinski definition) is 2. The number of aromatic nitrogens is 1. The third-order valence-electron chi connectivity index (χ3n) is 4.04. The molecule has 0 radical (unpaired) electrons. The lowest BCUT2D eigenvalue weighted by molar-refractivity contribution is 0.0322. The summed E-state index contributed by atoms with van der Waals surface area (Å²) < 4.78 is 7.22. The summed E-state index contributed by atoms with van der Waals surface area (Å²) >= 11 is 0. The number of morpholine rings is 1. The minimum absolute atomic E-state index is 0.0181. The van der Waals surface area contributed by atoms with Crippen LogP contribution in [0.2, 0.25) is 0 Å². The van der Waals surface area contributed by atoms with Gasteiger partial charge in [0, 0.05) is 31.4 Å². The van der Waals surface area contributed by atoms with Gasteiger partial charge < -0.3 is 19.5 Å². The van der Waals surface area contributed by atoms with Gasteiger partial charge in [-0.05, 0) is 13.3 Å². The van der Waals surface area contributed by atoms with Crippen molar-refractivity contribution in [1.29, 1.82) is 0 Å². The molecule has 2 rings (SSSR count). The van der Waals surface area contributed by atoms with Gasteiger partial charge in [0.25, 0.3) is 0 Å². The van der Waals surface area contributed by atoms with E-state index in [0.717, 1.165) is 25.2 Å². The molecule has 6 heteroatoms. The first kappa shape index (κ1) is 16.0. The lowest BCUT2D eigenvalue weighted by Crippen LogP contribution is -2.37. The van der Waals surface area contributed by atoms with E-state index in [2.05, 4.69) is 4.90 Å². The van der Waals surface area contributed by atoms with Crippen LogP contribution < -0.4 is 5.43 Å². The Bertz CT molecular complexity index is 531. The highest BCUT2D eigenvalue weighted by atomic mass is 16.5. The average molecular weight is 296 g/mol. The molecule has 1 aromatic heterocycles. The molecule has 0 aromatic carbocycles. The van der Waals surface area contributed by atoms with Crippen molar-refractivity contribution in [1.82, 2.24) is 9.47 Å². The van der Waals surface area contributed by atoms with Crippen molar-refractivity contribution in [3.63, 3.8) is 0 Å². The second-order valence-electron chi connectivity index (χ2n) is 5.45. The topological polar surface area (TPSA) is 74.9 Å². The molecule has 118 valence electrons. The first-order valence-electron chi connectivity index (χ1n) is 7.43. The Morgan fingerprint density at radius 2 is 2.05 bits per heavy atom. The number of aliphatic hydroxyl groups is 1. The third kappa shape index (κ3) is 3.45. The zero-order chi connectivity index (χ0) is 15.4. The van der Waals surface area contributed by atoms with Gasteiger partial charge in [-0.1, -0.05) is 6.92 Å². The van der Waals surface area contributed by atoms with Crippen molar-refractivity contribution in [3.05, 3.63) is 27.7 Å². The van der Waals surface area contributed by atoms with Gasteiger partial charge in [0.2, 0.25) is 5.43 Å². The molecule has 0 amide bonds. The van der Waals surface area contributed by atoms with Gasteiger partial charge in [0.05, 0.1) is 31.6 Å². The minimum Gasteiger partial charge on any atom is -0.503 e.